The standard InChI is InChI=1S/C11H19NO2S/c13-11(12-3-5-14-6-4-12)9-10-1-7-15-8-2-10/h10H,1-9H2. The third kappa shape index (κ3) is 3.38. The van der Waals surface area contributed by atoms with Crippen LogP contribution in [0.25, 0.3) is 0 Å². The van der Waals surface area contributed by atoms with E-state index in [2.05, 4.69) is 0 Å². The van der Waals surface area contributed by atoms with Crippen LogP contribution < -0.4 is 0 Å². The highest BCUT2D eigenvalue weighted by Gasteiger charge is 2.22. The number of carbonyl (C=O) groups is 1. The molecule has 0 bridgehead atoms. The molecule has 2 aliphatic heterocycles. The van der Waals surface area contributed by atoms with Crippen LogP contribution in [0.4, 0.5) is 0 Å². The molecule has 0 aromatic heterocycles. The van der Waals surface area contributed by atoms with E-state index in [1.165, 1.54) is 24.3 Å². The molecule has 2 heterocycles. The van der Waals surface area contributed by atoms with Crippen molar-refractivity contribution < 1.29 is 9.53 Å². The molecule has 2 fully saturated rings. The molecular weight excluding hydrogens is 210 g/mol. The number of carbonyl (C=O) groups excluding carboxylic acids is 1. The molecule has 0 saturated carbocycles. The van der Waals surface area contributed by atoms with Gasteiger partial charge in [-0.3, -0.25) is 4.79 Å². The van der Waals surface area contributed by atoms with Gasteiger partial charge in [0.25, 0.3) is 0 Å². The predicted molar refractivity (Wildman–Crippen MR) is 62.1 cm³/mol. The molecule has 0 radical (unpaired) electrons. The van der Waals surface area contributed by atoms with Gasteiger partial charge in [-0.05, 0) is 30.3 Å². The molecule has 0 aromatic rings. The lowest BCUT2D eigenvalue weighted by Crippen LogP contribution is -2.41. The van der Waals surface area contributed by atoms with Crippen molar-refractivity contribution >= 4 is 17.7 Å². The van der Waals surface area contributed by atoms with Gasteiger partial charge >= 0.3 is 0 Å². The van der Waals surface area contributed by atoms with E-state index in [1.54, 1.807) is 0 Å². The van der Waals surface area contributed by atoms with Crippen LogP contribution in [0.15, 0.2) is 0 Å². The zero-order chi connectivity index (χ0) is 10.5. The van der Waals surface area contributed by atoms with Crippen molar-refractivity contribution in [3.63, 3.8) is 0 Å². The van der Waals surface area contributed by atoms with Crippen LogP contribution in [0.1, 0.15) is 19.3 Å². The zero-order valence-corrected chi connectivity index (χ0v) is 9.93. The molecule has 15 heavy (non-hydrogen) atoms. The number of nitrogens with zero attached hydrogens (tertiary/aromatic N) is 1. The Kier molecular flexibility index (Phi) is 4.32. The first-order valence-electron chi connectivity index (χ1n) is 5.79. The van der Waals surface area contributed by atoms with Crippen LogP contribution in [-0.4, -0.2) is 48.6 Å². The van der Waals surface area contributed by atoms with Crippen molar-refractivity contribution in [3.8, 4) is 0 Å². The number of ether oxygens (including phenoxy) is 1. The SMILES string of the molecule is O=C(CC1CCSCC1)N1CCOCC1. The van der Waals surface area contributed by atoms with Gasteiger partial charge in [-0.2, -0.15) is 11.8 Å². The molecule has 3 nitrogen and oxygen atoms in total. The smallest absolute Gasteiger partial charge is 0.223 e. The monoisotopic (exact) mass is 229 g/mol. The third-order valence-corrected chi connectivity index (χ3v) is 4.22. The van der Waals surface area contributed by atoms with Gasteiger partial charge in [0.2, 0.25) is 5.91 Å². The molecule has 0 aromatic carbocycles. The van der Waals surface area contributed by atoms with E-state index in [0.717, 1.165) is 19.5 Å². The number of hydrogen-bond acceptors (Lipinski definition) is 3. The zero-order valence-electron chi connectivity index (χ0n) is 9.11. The summed E-state index contributed by atoms with van der Waals surface area (Å²) in [7, 11) is 0. The molecule has 2 rings (SSSR count). The van der Waals surface area contributed by atoms with E-state index < -0.39 is 0 Å². The molecule has 0 aliphatic carbocycles. The Bertz CT molecular complexity index is 211. The Labute approximate surface area is 95.5 Å². The summed E-state index contributed by atoms with van der Waals surface area (Å²) in [6.45, 7) is 3.01. The lowest BCUT2D eigenvalue weighted by molar-refractivity contribution is -0.136. The highest BCUT2D eigenvalue weighted by atomic mass is 32.2. The second-order valence-electron chi connectivity index (χ2n) is 4.25. The lowest BCUT2D eigenvalue weighted by Gasteiger charge is -2.29. The fourth-order valence-electron chi connectivity index (χ4n) is 2.14. The van der Waals surface area contributed by atoms with Crippen LogP contribution in [0.3, 0.4) is 0 Å². The minimum atomic E-state index is 0.343. The highest BCUT2D eigenvalue weighted by molar-refractivity contribution is 7.99. The summed E-state index contributed by atoms with van der Waals surface area (Å²) in [5.41, 5.74) is 0. The maximum absolute atomic E-state index is 11.9. The van der Waals surface area contributed by atoms with E-state index in [0.29, 0.717) is 25.0 Å². The predicted octanol–water partition coefficient (Wildman–Crippen LogP) is 1.38. The third-order valence-electron chi connectivity index (χ3n) is 3.17. The van der Waals surface area contributed by atoms with Gasteiger partial charge in [0.15, 0.2) is 0 Å². The van der Waals surface area contributed by atoms with Gasteiger partial charge in [-0.25, -0.2) is 0 Å². The van der Waals surface area contributed by atoms with Crippen LogP contribution in [0, 0.1) is 5.92 Å². The minimum Gasteiger partial charge on any atom is -0.378 e. The number of morpholine rings is 1. The highest BCUT2D eigenvalue weighted by Crippen LogP contribution is 2.25. The number of rotatable bonds is 2. The molecule has 1 amide bonds. The van der Waals surface area contributed by atoms with Crippen molar-refractivity contribution in [1.29, 1.82) is 0 Å². The largest absolute Gasteiger partial charge is 0.378 e. The van der Waals surface area contributed by atoms with Crippen LogP contribution >= 0.6 is 11.8 Å². The van der Waals surface area contributed by atoms with Crippen LogP contribution in [-0.2, 0) is 9.53 Å². The van der Waals surface area contributed by atoms with Crippen molar-refractivity contribution in [2.75, 3.05) is 37.8 Å². The van der Waals surface area contributed by atoms with Gasteiger partial charge in [0, 0.05) is 19.5 Å². The quantitative estimate of drug-likeness (QED) is 0.716. The van der Waals surface area contributed by atoms with Crippen molar-refractivity contribution in [1.82, 2.24) is 4.90 Å². The second-order valence-corrected chi connectivity index (χ2v) is 5.48. The normalized spacial score (nSPS) is 24.1. The molecule has 86 valence electrons. The molecule has 0 atom stereocenters. The summed E-state index contributed by atoms with van der Waals surface area (Å²) in [5, 5.41) is 0. The first-order chi connectivity index (χ1) is 7.36. The average Bonchev–Trinajstić information content (AvgIpc) is 2.31. The van der Waals surface area contributed by atoms with Gasteiger partial charge < -0.3 is 9.64 Å². The van der Waals surface area contributed by atoms with E-state index in [4.69, 9.17) is 4.74 Å². The summed E-state index contributed by atoms with van der Waals surface area (Å²) in [6, 6.07) is 0. The summed E-state index contributed by atoms with van der Waals surface area (Å²) in [6.07, 6.45) is 3.21. The summed E-state index contributed by atoms with van der Waals surface area (Å²) in [4.78, 5) is 13.9. The Morgan fingerprint density at radius 1 is 1.27 bits per heavy atom. The molecule has 0 spiro atoms. The molecule has 2 saturated heterocycles. The Morgan fingerprint density at radius 3 is 2.60 bits per heavy atom. The van der Waals surface area contributed by atoms with Crippen molar-refractivity contribution in [2.24, 2.45) is 5.92 Å². The Morgan fingerprint density at radius 2 is 1.93 bits per heavy atom. The van der Waals surface area contributed by atoms with Crippen molar-refractivity contribution in [2.45, 2.75) is 19.3 Å². The number of amides is 1. The van der Waals surface area contributed by atoms with Crippen LogP contribution in [0.2, 0.25) is 0 Å². The molecule has 2 aliphatic rings. The molecule has 0 N–H and O–H groups in total. The Balaban J connectivity index is 1.74. The maximum atomic E-state index is 11.9. The van der Waals surface area contributed by atoms with Crippen molar-refractivity contribution in [3.05, 3.63) is 0 Å². The average molecular weight is 229 g/mol. The second kappa shape index (κ2) is 5.75. The topological polar surface area (TPSA) is 29.5 Å². The lowest BCUT2D eigenvalue weighted by atomic mass is 9.98. The van der Waals surface area contributed by atoms with E-state index >= 15 is 0 Å². The van der Waals surface area contributed by atoms with Gasteiger partial charge in [-0.1, -0.05) is 0 Å². The van der Waals surface area contributed by atoms with Gasteiger partial charge in [-0.15, -0.1) is 0 Å². The first kappa shape index (κ1) is 11.3. The fourth-order valence-corrected chi connectivity index (χ4v) is 3.34. The number of thioether (sulfide) groups is 1. The molecule has 0 unspecified atom stereocenters. The maximum Gasteiger partial charge on any atom is 0.223 e. The first-order valence-corrected chi connectivity index (χ1v) is 6.95. The van der Waals surface area contributed by atoms with Gasteiger partial charge in [0.05, 0.1) is 13.2 Å². The van der Waals surface area contributed by atoms with E-state index in [9.17, 15) is 4.79 Å². The molecule has 4 heteroatoms. The number of hydrogen-bond donors (Lipinski definition) is 0. The van der Waals surface area contributed by atoms with E-state index in [1.807, 2.05) is 16.7 Å². The van der Waals surface area contributed by atoms with Gasteiger partial charge in [0.1, 0.15) is 0 Å². The minimum absolute atomic E-state index is 0.343. The fraction of sp³-hybridized carbons (Fsp3) is 0.909. The van der Waals surface area contributed by atoms with E-state index in [-0.39, 0.29) is 0 Å². The Hall–Kier alpha value is -0.220. The summed E-state index contributed by atoms with van der Waals surface area (Å²) < 4.78 is 5.24. The van der Waals surface area contributed by atoms with Crippen LogP contribution in [0.5, 0.6) is 0 Å². The summed E-state index contributed by atoms with van der Waals surface area (Å²) in [5.74, 6) is 3.46. The summed E-state index contributed by atoms with van der Waals surface area (Å²) >= 11 is 2.02. The molecular formula is C11H19NO2S.